The molecule has 0 aliphatic rings. The normalized spacial score (nSPS) is 10.4. The largest absolute Gasteiger partial charge is 0.476 e. The second-order valence-electron chi connectivity index (χ2n) is 4.18. The summed E-state index contributed by atoms with van der Waals surface area (Å²) in [5.41, 5.74) is 0.274. The Morgan fingerprint density at radius 2 is 2.19 bits per heavy atom. The Morgan fingerprint density at radius 1 is 1.43 bits per heavy atom. The van der Waals surface area contributed by atoms with Gasteiger partial charge in [0.1, 0.15) is 5.82 Å². The van der Waals surface area contributed by atoms with Gasteiger partial charge in [0.05, 0.1) is 11.9 Å². The first-order valence-electron chi connectivity index (χ1n) is 5.95. The van der Waals surface area contributed by atoms with E-state index in [9.17, 15) is 14.0 Å². The van der Waals surface area contributed by atoms with Crippen molar-refractivity contribution >= 4 is 27.8 Å². The number of carboxylic acid groups (broad SMARTS) is 1. The Kier molecular flexibility index (Phi) is 4.69. The molecule has 0 fully saturated rings. The van der Waals surface area contributed by atoms with Crippen molar-refractivity contribution in [3.05, 3.63) is 52.3 Å². The van der Waals surface area contributed by atoms with Crippen molar-refractivity contribution in [1.29, 1.82) is 0 Å². The molecule has 0 saturated heterocycles. The molecule has 0 saturated carbocycles. The van der Waals surface area contributed by atoms with E-state index in [1.54, 1.807) is 4.57 Å². The van der Waals surface area contributed by atoms with E-state index in [0.29, 0.717) is 16.6 Å². The van der Waals surface area contributed by atoms with Crippen LogP contribution in [0.5, 0.6) is 0 Å². The lowest BCUT2D eigenvalue weighted by Crippen LogP contribution is -2.27. The number of carbonyl (C=O) groups is 2. The number of aromatic nitrogens is 2. The highest BCUT2D eigenvalue weighted by molar-refractivity contribution is 9.10. The number of halogens is 2. The zero-order valence-corrected chi connectivity index (χ0v) is 12.3. The molecule has 21 heavy (non-hydrogen) atoms. The van der Waals surface area contributed by atoms with Gasteiger partial charge in [0, 0.05) is 23.8 Å². The molecule has 0 unspecified atom stereocenters. The second kappa shape index (κ2) is 6.49. The van der Waals surface area contributed by atoms with Crippen molar-refractivity contribution < 1.29 is 19.1 Å². The van der Waals surface area contributed by atoms with Crippen molar-refractivity contribution in [3.8, 4) is 0 Å². The van der Waals surface area contributed by atoms with Gasteiger partial charge in [0.15, 0.2) is 5.69 Å². The van der Waals surface area contributed by atoms with Crippen molar-refractivity contribution in [2.45, 2.75) is 6.54 Å². The van der Waals surface area contributed by atoms with Gasteiger partial charge < -0.3 is 15.0 Å². The zero-order valence-electron chi connectivity index (χ0n) is 10.7. The average Bonchev–Trinajstić information content (AvgIpc) is 2.87. The van der Waals surface area contributed by atoms with Gasteiger partial charge >= 0.3 is 5.97 Å². The molecule has 2 N–H and O–H groups in total. The molecule has 1 aromatic heterocycles. The number of benzene rings is 1. The quantitative estimate of drug-likeness (QED) is 0.857. The lowest BCUT2D eigenvalue weighted by molar-refractivity contribution is 0.0690. The first-order valence-corrected chi connectivity index (χ1v) is 6.75. The Balaban J connectivity index is 1.90. The van der Waals surface area contributed by atoms with E-state index in [2.05, 4.69) is 26.2 Å². The lowest BCUT2D eigenvalue weighted by atomic mass is 10.2. The molecule has 1 amide bonds. The summed E-state index contributed by atoms with van der Waals surface area (Å²) in [7, 11) is 0. The fourth-order valence-corrected chi connectivity index (χ4v) is 2.19. The second-order valence-corrected chi connectivity index (χ2v) is 5.04. The van der Waals surface area contributed by atoms with Crippen LogP contribution in [0.25, 0.3) is 0 Å². The highest BCUT2D eigenvalue weighted by Gasteiger charge is 2.10. The maximum absolute atomic E-state index is 12.9. The molecule has 0 bridgehead atoms. The highest BCUT2D eigenvalue weighted by atomic mass is 79.9. The van der Waals surface area contributed by atoms with Crippen molar-refractivity contribution in [1.82, 2.24) is 14.9 Å². The fourth-order valence-electron chi connectivity index (χ4n) is 1.66. The standard InChI is InChI=1S/C13H11BrFN3O3/c14-10-5-8(15)1-2-9(10)12(19)16-3-4-18-6-11(13(20)21)17-7-18/h1-2,5-7H,3-4H2,(H,16,19)(H,20,21). The molecular weight excluding hydrogens is 345 g/mol. The van der Waals surface area contributed by atoms with E-state index in [0.717, 1.165) is 0 Å². The van der Waals surface area contributed by atoms with Crippen LogP contribution >= 0.6 is 15.9 Å². The topological polar surface area (TPSA) is 84.2 Å². The van der Waals surface area contributed by atoms with Crippen LogP contribution in [0.1, 0.15) is 20.8 Å². The molecule has 0 atom stereocenters. The molecule has 2 rings (SSSR count). The molecule has 1 aromatic carbocycles. The van der Waals surface area contributed by atoms with E-state index in [1.807, 2.05) is 0 Å². The van der Waals surface area contributed by atoms with Crippen molar-refractivity contribution in [3.63, 3.8) is 0 Å². The van der Waals surface area contributed by atoms with Crippen molar-refractivity contribution in [2.24, 2.45) is 0 Å². The number of imidazole rings is 1. The summed E-state index contributed by atoms with van der Waals surface area (Å²) in [4.78, 5) is 26.3. The fraction of sp³-hybridized carbons (Fsp3) is 0.154. The average molecular weight is 356 g/mol. The minimum atomic E-state index is -1.10. The van der Waals surface area contributed by atoms with Crippen LogP contribution < -0.4 is 5.32 Å². The van der Waals surface area contributed by atoms with Gasteiger partial charge in [-0.05, 0) is 34.1 Å². The summed E-state index contributed by atoms with van der Waals surface area (Å²) in [5, 5.41) is 11.4. The van der Waals surface area contributed by atoms with Crippen molar-refractivity contribution in [2.75, 3.05) is 6.54 Å². The first-order chi connectivity index (χ1) is 9.97. The number of rotatable bonds is 5. The Hall–Kier alpha value is -2.22. The van der Waals surface area contributed by atoms with E-state index >= 15 is 0 Å². The molecule has 6 nitrogen and oxygen atoms in total. The van der Waals surface area contributed by atoms with Crippen LogP contribution in [-0.2, 0) is 6.54 Å². The van der Waals surface area contributed by atoms with Gasteiger partial charge in [-0.15, -0.1) is 0 Å². The maximum Gasteiger partial charge on any atom is 0.356 e. The third kappa shape index (κ3) is 3.88. The molecule has 0 aliphatic carbocycles. The number of hydrogen-bond acceptors (Lipinski definition) is 3. The minimum absolute atomic E-state index is 0.0531. The molecular formula is C13H11BrFN3O3. The SMILES string of the molecule is O=C(O)c1cn(CCNC(=O)c2ccc(F)cc2Br)cn1. The maximum atomic E-state index is 12.9. The number of hydrogen-bond donors (Lipinski definition) is 2. The summed E-state index contributed by atoms with van der Waals surface area (Å²) < 4.78 is 14.9. The monoisotopic (exact) mass is 355 g/mol. The Morgan fingerprint density at radius 3 is 2.81 bits per heavy atom. The number of aromatic carboxylic acids is 1. The predicted octanol–water partition coefficient (Wildman–Crippen LogP) is 1.91. The van der Waals surface area contributed by atoms with Crippen LogP contribution in [-0.4, -0.2) is 33.1 Å². The summed E-state index contributed by atoms with van der Waals surface area (Å²) >= 11 is 3.12. The Labute approximate surface area is 127 Å². The number of carboxylic acids is 1. The summed E-state index contributed by atoms with van der Waals surface area (Å²) in [6.45, 7) is 0.670. The molecule has 2 aromatic rings. The van der Waals surface area contributed by atoms with E-state index in [-0.39, 0.29) is 18.1 Å². The molecule has 110 valence electrons. The molecule has 0 spiro atoms. The molecule has 0 radical (unpaired) electrons. The first kappa shape index (κ1) is 15.2. The highest BCUT2D eigenvalue weighted by Crippen LogP contribution is 2.17. The predicted molar refractivity (Wildman–Crippen MR) is 75.6 cm³/mol. The van der Waals surface area contributed by atoms with Crippen LogP contribution in [0.3, 0.4) is 0 Å². The van der Waals surface area contributed by atoms with Crippen LogP contribution in [0.2, 0.25) is 0 Å². The Bertz CT molecular complexity index is 687. The number of carbonyl (C=O) groups excluding carboxylic acids is 1. The number of nitrogens with zero attached hydrogens (tertiary/aromatic N) is 2. The van der Waals surface area contributed by atoms with Gasteiger partial charge in [0.2, 0.25) is 0 Å². The molecule has 0 aliphatic heterocycles. The van der Waals surface area contributed by atoms with Crippen LogP contribution in [0.4, 0.5) is 4.39 Å². The van der Waals surface area contributed by atoms with E-state index in [1.165, 1.54) is 30.7 Å². The molecule has 8 heteroatoms. The van der Waals surface area contributed by atoms with E-state index in [4.69, 9.17) is 5.11 Å². The summed E-state index contributed by atoms with van der Waals surface area (Å²) in [6.07, 6.45) is 2.76. The van der Waals surface area contributed by atoms with Gasteiger partial charge in [0.25, 0.3) is 5.91 Å². The number of nitrogens with one attached hydrogen (secondary N) is 1. The van der Waals surface area contributed by atoms with Gasteiger partial charge in [-0.3, -0.25) is 4.79 Å². The molecule has 1 heterocycles. The van der Waals surface area contributed by atoms with Crippen LogP contribution in [0, 0.1) is 5.82 Å². The van der Waals surface area contributed by atoms with Gasteiger partial charge in [-0.1, -0.05) is 0 Å². The summed E-state index contributed by atoms with van der Waals surface area (Å²) in [6, 6.07) is 3.80. The van der Waals surface area contributed by atoms with Gasteiger partial charge in [-0.25, -0.2) is 14.2 Å². The zero-order chi connectivity index (χ0) is 15.4. The smallest absolute Gasteiger partial charge is 0.356 e. The minimum Gasteiger partial charge on any atom is -0.476 e. The third-order valence-electron chi connectivity index (χ3n) is 2.68. The van der Waals surface area contributed by atoms with Crippen LogP contribution in [0.15, 0.2) is 35.2 Å². The third-order valence-corrected chi connectivity index (χ3v) is 3.34. The van der Waals surface area contributed by atoms with Gasteiger partial charge in [-0.2, -0.15) is 0 Å². The van der Waals surface area contributed by atoms with E-state index < -0.39 is 11.8 Å². The lowest BCUT2D eigenvalue weighted by Gasteiger charge is -2.07. The number of amides is 1. The summed E-state index contributed by atoms with van der Waals surface area (Å²) in [5.74, 6) is -1.88.